The van der Waals surface area contributed by atoms with Crippen LogP contribution in [-0.2, 0) is 6.42 Å². The van der Waals surface area contributed by atoms with Gasteiger partial charge in [-0.2, -0.15) is 0 Å². The first-order chi connectivity index (χ1) is 11.5. The Morgan fingerprint density at radius 1 is 1.29 bits per heavy atom. The zero-order chi connectivity index (χ0) is 17.5. The predicted molar refractivity (Wildman–Crippen MR) is 92.9 cm³/mol. The summed E-state index contributed by atoms with van der Waals surface area (Å²) in [6, 6.07) is -0.109. The van der Waals surface area contributed by atoms with Crippen molar-refractivity contribution in [3.05, 3.63) is 17.0 Å². The number of carbonyl (C=O) groups is 1. The molecule has 6 nitrogen and oxygen atoms in total. The second kappa shape index (κ2) is 9.06. The largest absolute Gasteiger partial charge is 0.396 e. The molecule has 136 valence electrons. The number of hydrogen-bond acceptors (Lipinski definition) is 4. The Balaban J connectivity index is 1.85. The topological polar surface area (TPSA) is 87.4 Å². The van der Waals surface area contributed by atoms with Crippen LogP contribution in [0.5, 0.6) is 0 Å². The minimum atomic E-state index is -0.154. The molecule has 1 aliphatic rings. The Labute approximate surface area is 144 Å². The maximum Gasteiger partial charge on any atom is 0.315 e. The van der Waals surface area contributed by atoms with E-state index in [1.54, 1.807) is 0 Å². The van der Waals surface area contributed by atoms with Crippen molar-refractivity contribution in [2.75, 3.05) is 6.61 Å². The van der Waals surface area contributed by atoms with Crippen LogP contribution in [0.2, 0.25) is 0 Å². The number of hydrogen-bond donors (Lipinski definition) is 3. The zero-order valence-corrected chi connectivity index (χ0v) is 15.1. The van der Waals surface area contributed by atoms with Crippen molar-refractivity contribution < 1.29 is 14.4 Å². The van der Waals surface area contributed by atoms with Crippen LogP contribution in [0.25, 0.3) is 0 Å². The molecule has 2 rings (SSSR count). The summed E-state index contributed by atoms with van der Waals surface area (Å²) in [4.78, 5) is 12.3. The summed E-state index contributed by atoms with van der Waals surface area (Å²) >= 11 is 0. The van der Waals surface area contributed by atoms with Crippen molar-refractivity contribution in [2.24, 2.45) is 5.92 Å². The van der Waals surface area contributed by atoms with Gasteiger partial charge in [0.2, 0.25) is 0 Å². The normalized spacial score (nSPS) is 18.2. The molecule has 1 heterocycles. The van der Waals surface area contributed by atoms with Crippen LogP contribution in [0.4, 0.5) is 4.79 Å². The molecule has 24 heavy (non-hydrogen) atoms. The van der Waals surface area contributed by atoms with Gasteiger partial charge in [-0.1, -0.05) is 24.4 Å². The van der Waals surface area contributed by atoms with Crippen LogP contribution in [-0.4, -0.2) is 35.0 Å². The molecule has 0 bridgehead atoms. The highest BCUT2D eigenvalue weighted by atomic mass is 16.5. The van der Waals surface area contributed by atoms with E-state index in [0.29, 0.717) is 18.8 Å². The minimum absolute atomic E-state index is 0.0112. The predicted octanol–water partition coefficient (Wildman–Crippen LogP) is 2.85. The Kier molecular flexibility index (Phi) is 7.09. The molecule has 6 heteroatoms. The third-order valence-electron chi connectivity index (χ3n) is 5.04. The Bertz CT molecular complexity index is 504. The molecule has 2 atom stereocenters. The number of rotatable bonds is 7. The lowest BCUT2D eigenvalue weighted by Gasteiger charge is -2.31. The van der Waals surface area contributed by atoms with E-state index in [-0.39, 0.29) is 24.7 Å². The van der Waals surface area contributed by atoms with E-state index < -0.39 is 0 Å². The standard InChI is InChI=1S/C18H31N3O3/c1-12(11-16-13(2)21-24-14(16)3)19-18(23)20-17(9-10-22)15-7-5-4-6-8-15/h12,15,17,22H,4-11H2,1-3H3,(H2,19,20,23). The van der Waals surface area contributed by atoms with E-state index in [9.17, 15) is 9.90 Å². The molecule has 0 aromatic carbocycles. The first kappa shape index (κ1) is 18.8. The molecule has 1 aromatic rings. The fraction of sp³-hybridized carbons (Fsp3) is 0.778. The number of nitrogens with one attached hydrogen (secondary N) is 2. The number of aliphatic hydroxyl groups is 1. The molecule has 1 fully saturated rings. The fourth-order valence-corrected chi connectivity index (χ4v) is 3.69. The van der Waals surface area contributed by atoms with Crippen LogP contribution in [0.1, 0.15) is 62.5 Å². The van der Waals surface area contributed by atoms with Crippen molar-refractivity contribution in [3.63, 3.8) is 0 Å². The van der Waals surface area contributed by atoms with Crippen molar-refractivity contribution in [2.45, 2.75) is 77.8 Å². The summed E-state index contributed by atoms with van der Waals surface area (Å²) in [5.74, 6) is 1.29. The van der Waals surface area contributed by atoms with Gasteiger partial charge in [0.25, 0.3) is 0 Å². The van der Waals surface area contributed by atoms with Crippen LogP contribution in [0.15, 0.2) is 4.52 Å². The smallest absolute Gasteiger partial charge is 0.315 e. The summed E-state index contributed by atoms with van der Waals surface area (Å²) in [6.45, 7) is 5.89. The molecule has 0 aliphatic heterocycles. The van der Waals surface area contributed by atoms with E-state index >= 15 is 0 Å². The maximum absolute atomic E-state index is 12.3. The first-order valence-electron chi connectivity index (χ1n) is 9.11. The molecule has 2 unspecified atom stereocenters. The molecule has 1 aromatic heterocycles. The molecule has 1 aliphatic carbocycles. The van der Waals surface area contributed by atoms with Crippen molar-refractivity contribution in [1.29, 1.82) is 0 Å². The van der Waals surface area contributed by atoms with Gasteiger partial charge in [-0.15, -0.1) is 0 Å². The van der Waals surface area contributed by atoms with Gasteiger partial charge in [-0.05, 0) is 52.4 Å². The number of aliphatic hydroxyl groups excluding tert-OH is 1. The zero-order valence-electron chi connectivity index (χ0n) is 15.1. The minimum Gasteiger partial charge on any atom is -0.396 e. The number of aryl methyl sites for hydroxylation is 2. The lowest BCUT2D eigenvalue weighted by molar-refractivity contribution is 0.195. The number of nitrogens with zero attached hydrogens (tertiary/aromatic N) is 1. The average Bonchev–Trinajstić information content (AvgIpc) is 2.87. The van der Waals surface area contributed by atoms with E-state index in [0.717, 1.165) is 29.9 Å². The molecular formula is C18H31N3O3. The summed E-state index contributed by atoms with van der Waals surface area (Å²) in [5, 5.41) is 19.3. The highest BCUT2D eigenvalue weighted by Gasteiger charge is 2.25. The van der Waals surface area contributed by atoms with Crippen molar-refractivity contribution in [3.8, 4) is 0 Å². The highest BCUT2D eigenvalue weighted by Crippen LogP contribution is 2.27. The summed E-state index contributed by atoms with van der Waals surface area (Å²) in [7, 11) is 0. The summed E-state index contributed by atoms with van der Waals surface area (Å²) < 4.78 is 5.17. The molecule has 0 saturated heterocycles. The molecular weight excluding hydrogens is 306 g/mol. The fourth-order valence-electron chi connectivity index (χ4n) is 3.69. The lowest BCUT2D eigenvalue weighted by atomic mass is 9.83. The van der Waals surface area contributed by atoms with Crippen LogP contribution < -0.4 is 10.6 Å². The lowest BCUT2D eigenvalue weighted by Crippen LogP contribution is -2.49. The second-order valence-electron chi connectivity index (χ2n) is 7.04. The average molecular weight is 337 g/mol. The Morgan fingerprint density at radius 3 is 2.58 bits per heavy atom. The first-order valence-corrected chi connectivity index (χ1v) is 9.11. The van der Waals surface area contributed by atoms with Gasteiger partial charge in [0.1, 0.15) is 5.76 Å². The summed E-state index contributed by atoms with van der Waals surface area (Å²) in [5.41, 5.74) is 1.93. The molecule has 0 radical (unpaired) electrons. The van der Waals surface area contributed by atoms with Gasteiger partial charge in [-0.25, -0.2) is 4.79 Å². The molecule has 3 N–H and O–H groups in total. The van der Waals surface area contributed by atoms with E-state index in [2.05, 4.69) is 15.8 Å². The van der Waals surface area contributed by atoms with Crippen LogP contribution >= 0.6 is 0 Å². The van der Waals surface area contributed by atoms with Gasteiger partial charge in [0, 0.05) is 24.3 Å². The number of urea groups is 1. The summed E-state index contributed by atoms with van der Waals surface area (Å²) in [6.07, 6.45) is 7.32. The second-order valence-corrected chi connectivity index (χ2v) is 7.04. The highest BCUT2D eigenvalue weighted by molar-refractivity contribution is 5.74. The van der Waals surface area contributed by atoms with Gasteiger partial charge < -0.3 is 20.3 Å². The SMILES string of the molecule is Cc1noc(C)c1CC(C)NC(=O)NC(CCO)C1CCCCC1. The van der Waals surface area contributed by atoms with Crippen molar-refractivity contribution in [1.82, 2.24) is 15.8 Å². The molecule has 2 amide bonds. The van der Waals surface area contributed by atoms with Gasteiger partial charge in [0.15, 0.2) is 0 Å². The third-order valence-corrected chi connectivity index (χ3v) is 5.04. The van der Waals surface area contributed by atoms with Crippen LogP contribution in [0.3, 0.4) is 0 Å². The third kappa shape index (κ3) is 5.23. The monoisotopic (exact) mass is 337 g/mol. The van der Waals surface area contributed by atoms with E-state index in [1.807, 2.05) is 20.8 Å². The number of amides is 2. The van der Waals surface area contributed by atoms with Gasteiger partial charge in [0.05, 0.1) is 5.69 Å². The Hall–Kier alpha value is -1.56. The Morgan fingerprint density at radius 2 is 2.00 bits per heavy atom. The van der Waals surface area contributed by atoms with Gasteiger partial charge in [-0.3, -0.25) is 0 Å². The molecule has 0 spiro atoms. The van der Waals surface area contributed by atoms with E-state index in [4.69, 9.17) is 4.52 Å². The quantitative estimate of drug-likeness (QED) is 0.714. The number of aromatic nitrogens is 1. The van der Waals surface area contributed by atoms with Crippen LogP contribution in [0, 0.1) is 19.8 Å². The van der Waals surface area contributed by atoms with Gasteiger partial charge >= 0.3 is 6.03 Å². The van der Waals surface area contributed by atoms with E-state index in [1.165, 1.54) is 19.3 Å². The number of carbonyl (C=O) groups excluding carboxylic acids is 1. The van der Waals surface area contributed by atoms with Crippen molar-refractivity contribution >= 4 is 6.03 Å². The molecule has 1 saturated carbocycles. The maximum atomic E-state index is 12.3.